The topological polar surface area (TPSA) is 32.3 Å². The highest BCUT2D eigenvalue weighted by Crippen LogP contribution is 2.24. The zero-order valence-corrected chi connectivity index (χ0v) is 15.7. The van der Waals surface area contributed by atoms with Crippen LogP contribution >= 0.6 is 39.7 Å². The lowest BCUT2D eigenvalue weighted by Gasteiger charge is -2.32. The number of aryl methyl sites for hydroxylation is 1. The first-order chi connectivity index (χ1) is 9.69. The van der Waals surface area contributed by atoms with Crippen molar-refractivity contribution < 1.29 is 4.79 Å². The second-order valence-electron chi connectivity index (χ2n) is 5.47. The Morgan fingerprint density at radius 1 is 1.52 bits per heavy atom. The molecule has 21 heavy (non-hydrogen) atoms. The molecule has 0 aromatic carbocycles. The van der Waals surface area contributed by atoms with Crippen LogP contribution in [0.1, 0.15) is 30.6 Å². The zero-order chi connectivity index (χ0) is 14.4. The zero-order valence-electron chi connectivity index (χ0n) is 12.4. The number of carbonyl (C=O) groups is 1. The van der Waals surface area contributed by atoms with Gasteiger partial charge < -0.3 is 10.2 Å². The third-order valence-electron chi connectivity index (χ3n) is 3.81. The first-order valence-corrected chi connectivity index (χ1v) is 8.96. The van der Waals surface area contributed by atoms with E-state index in [0.29, 0.717) is 18.2 Å². The van der Waals surface area contributed by atoms with Gasteiger partial charge in [0, 0.05) is 24.4 Å². The van der Waals surface area contributed by atoms with E-state index in [1.165, 1.54) is 15.1 Å². The Balaban J connectivity index is 0.00000220. The van der Waals surface area contributed by atoms with Crippen LogP contribution in [-0.2, 0) is 11.2 Å². The summed E-state index contributed by atoms with van der Waals surface area (Å²) in [6, 6.07) is 4.22. The predicted molar refractivity (Wildman–Crippen MR) is 95.4 cm³/mol. The normalized spacial score (nSPS) is 18.4. The SMILES string of the molecule is CNCC1CCCN(C(=O)CCCc2ccc(Br)s2)C1.Cl. The maximum Gasteiger partial charge on any atom is 0.222 e. The number of hydrogen-bond donors (Lipinski definition) is 1. The molecule has 3 nitrogen and oxygen atoms in total. The van der Waals surface area contributed by atoms with Gasteiger partial charge in [-0.3, -0.25) is 4.79 Å². The van der Waals surface area contributed by atoms with Crippen LogP contribution < -0.4 is 5.32 Å². The highest BCUT2D eigenvalue weighted by atomic mass is 79.9. The van der Waals surface area contributed by atoms with Crippen molar-refractivity contribution in [1.82, 2.24) is 10.2 Å². The fourth-order valence-electron chi connectivity index (χ4n) is 2.80. The van der Waals surface area contributed by atoms with Gasteiger partial charge in [0.2, 0.25) is 5.91 Å². The first kappa shape index (κ1) is 18.9. The number of piperidine rings is 1. The molecular formula is C15H24BrClN2OS. The van der Waals surface area contributed by atoms with E-state index in [1.54, 1.807) is 11.3 Å². The summed E-state index contributed by atoms with van der Waals surface area (Å²) >= 11 is 5.24. The van der Waals surface area contributed by atoms with Gasteiger partial charge in [0.1, 0.15) is 0 Å². The number of nitrogens with one attached hydrogen (secondary N) is 1. The third kappa shape index (κ3) is 6.27. The van der Waals surface area contributed by atoms with Gasteiger partial charge in [-0.05, 0) is 73.3 Å². The summed E-state index contributed by atoms with van der Waals surface area (Å²) in [5.41, 5.74) is 0. The van der Waals surface area contributed by atoms with Gasteiger partial charge in [0.05, 0.1) is 3.79 Å². The maximum atomic E-state index is 12.2. The highest BCUT2D eigenvalue weighted by molar-refractivity contribution is 9.11. The van der Waals surface area contributed by atoms with Crippen LogP contribution in [-0.4, -0.2) is 37.5 Å². The molecule has 0 saturated carbocycles. The number of amides is 1. The minimum atomic E-state index is 0. The summed E-state index contributed by atoms with van der Waals surface area (Å²) in [6.07, 6.45) is 5.04. The highest BCUT2D eigenvalue weighted by Gasteiger charge is 2.22. The third-order valence-corrected chi connectivity index (χ3v) is 5.49. The standard InChI is InChI=1S/C15H23BrN2OS.ClH/c1-17-10-12-4-3-9-18(11-12)15(19)6-2-5-13-7-8-14(16)20-13;/h7-8,12,17H,2-6,9-11H2,1H3;1H. The van der Waals surface area contributed by atoms with Crippen molar-refractivity contribution in [2.75, 3.05) is 26.7 Å². The maximum absolute atomic E-state index is 12.2. The van der Waals surface area contributed by atoms with Crippen molar-refractivity contribution in [3.63, 3.8) is 0 Å². The second-order valence-corrected chi connectivity index (χ2v) is 8.01. The lowest BCUT2D eigenvalue weighted by molar-refractivity contribution is -0.133. The van der Waals surface area contributed by atoms with E-state index >= 15 is 0 Å². The molecule has 1 fully saturated rings. The number of halogens is 2. The number of carbonyl (C=O) groups excluding carboxylic acids is 1. The van der Waals surface area contributed by atoms with Crippen molar-refractivity contribution in [2.24, 2.45) is 5.92 Å². The number of likely N-dealkylation sites (tertiary alicyclic amines) is 1. The minimum absolute atomic E-state index is 0. The summed E-state index contributed by atoms with van der Waals surface area (Å²) in [5, 5.41) is 3.22. The van der Waals surface area contributed by atoms with Crippen molar-refractivity contribution in [3.8, 4) is 0 Å². The van der Waals surface area contributed by atoms with E-state index in [2.05, 4.69) is 38.3 Å². The molecule has 1 aromatic rings. The van der Waals surface area contributed by atoms with Gasteiger partial charge >= 0.3 is 0 Å². The van der Waals surface area contributed by atoms with Gasteiger partial charge in [-0.15, -0.1) is 23.7 Å². The molecule has 1 N–H and O–H groups in total. The molecule has 0 aliphatic carbocycles. The Kier molecular flexibility index (Phi) is 8.86. The van der Waals surface area contributed by atoms with Crippen LogP contribution in [0.3, 0.4) is 0 Å². The molecule has 1 aromatic heterocycles. The Hall–Kier alpha value is -0.100. The molecule has 0 spiro atoms. The van der Waals surface area contributed by atoms with Crippen LogP contribution in [0.2, 0.25) is 0 Å². The molecule has 1 saturated heterocycles. The summed E-state index contributed by atoms with van der Waals surface area (Å²) in [4.78, 5) is 15.7. The molecule has 1 aliphatic rings. The van der Waals surface area contributed by atoms with E-state index in [4.69, 9.17) is 0 Å². The summed E-state index contributed by atoms with van der Waals surface area (Å²) in [5.74, 6) is 0.965. The summed E-state index contributed by atoms with van der Waals surface area (Å²) < 4.78 is 1.17. The van der Waals surface area contributed by atoms with Crippen molar-refractivity contribution in [1.29, 1.82) is 0 Å². The molecule has 0 bridgehead atoms. The Labute approximate surface area is 146 Å². The molecule has 1 atom stereocenters. The predicted octanol–water partition coefficient (Wildman–Crippen LogP) is 3.71. The van der Waals surface area contributed by atoms with Crippen LogP contribution in [0.25, 0.3) is 0 Å². The minimum Gasteiger partial charge on any atom is -0.342 e. The number of rotatable bonds is 6. The van der Waals surface area contributed by atoms with Gasteiger partial charge in [0.25, 0.3) is 0 Å². The lowest BCUT2D eigenvalue weighted by atomic mass is 9.97. The number of hydrogen-bond acceptors (Lipinski definition) is 3. The largest absolute Gasteiger partial charge is 0.342 e. The Morgan fingerprint density at radius 2 is 2.33 bits per heavy atom. The van der Waals surface area contributed by atoms with E-state index in [0.717, 1.165) is 38.9 Å². The van der Waals surface area contributed by atoms with E-state index in [-0.39, 0.29) is 12.4 Å². The van der Waals surface area contributed by atoms with Gasteiger partial charge in [0.15, 0.2) is 0 Å². The number of thiophene rings is 1. The monoisotopic (exact) mass is 394 g/mol. The molecule has 0 radical (unpaired) electrons. The van der Waals surface area contributed by atoms with Crippen molar-refractivity contribution in [2.45, 2.75) is 32.1 Å². The lowest BCUT2D eigenvalue weighted by Crippen LogP contribution is -2.42. The molecule has 120 valence electrons. The molecule has 1 amide bonds. The van der Waals surface area contributed by atoms with Crippen LogP contribution in [0, 0.1) is 5.92 Å². The first-order valence-electron chi connectivity index (χ1n) is 7.35. The van der Waals surface area contributed by atoms with Crippen molar-refractivity contribution in [3.05, 3.63) is 20.8 Å². The molecule has 2 rings (SSSR count). The Bertz CT molecular complexity index is 439. The number of nitrogens with zero attached hydrogens (tertiary/aromatic N) is 1. The van der Waals surface area contributed by atoms with Crippen LogP contribution in [0.4, 0.5) is 0 Å². The fraction of sp³-hybridized carbons (Fsp3) is 0.667. The quantitative estimate of drug-likeness (QED) is 0.796. The fourth-order valence-corrected chi connectivity index (χ4v) is 4.33. The Morgan fingerprint density at radius 3 is 3.00 bits per heavy atom. The van der Waals surface area contributed by atoms with E-state index in [1.807, 2.05) is 7.05 Å². The molecule has 1 aliphatic heterocycles. The smallest absolute Gasteiger partial charge is 0.222 e. The second kappa shape index (κ2) is 9.82. The van der Waals surface area contributed by atoms with Gasteiger partial charge in [-0.1, -0.05) is 0 Å². The summed E-state index contributed by atoms with van der Waals surface area (Å²) in [6.45, 7) is 2.90. The molecule has 6 heteroatoms. The average molecular weight is 396 g/mol. The average Bonchev–Trinajstić information content (AvgIpc) is 2.85. The van der Waals surface area contributed by atoms with Gasteiger partial charge in [-0.2, -0.15) is 0 Å². The van der Waals surface area contributed by atoms with E-state index < -0.39 is 0 Å². The summed E-state index contributed by atoms with van der Waals surface area (Å²) in [7, 11) is 1.99. The van der Waals surface area contributed by atoms with Crippen LogP contribution in [0.5, 0.6) is 0 Å². The van der Waals surface area contributed by atoms with Crippen LogP contribution in [0.15, 0.2) is 15.9 Å². The van der Waals surface area contributed by atoms with E-state index in [9.17, 15) is 4.79 Å². The molecule has 2 heterocycles. The molecule has 1 unspecified atom stereocenters. The van der Waals surface area contributed by atoms with Gasteiger partial charge in [-0.25, -0.2) is 0 Å². The molecular weight excluding hydrogens is 372 g/mol. The van der Waals surface area contributed by atoms with Crippen molar-refractivity contribution >= 4 is 45.6 Å².